The number of anilines is 1. The van der Waals surface area contributed by atoms with Crippen molar-refractivity contribution in [1.82, 2.24) is 15.3 Å². The van der Waals surface area contributed by atoms with Crippen molar-refractivity contribution in [2.45, 2.75) is 11.4 Å². The average Bonchev–Trinajstić information content (AvgIpc) is 2.48. The van der Waals surface area contributed by atoms with E-state index in [1.54, 1.807) is 18.2 Å². The number of sulfonamides is 1. The van der Waals surface area contributed by atoms with Gasteiger partial charge in [-0.15, -0.1) is 0 Å². The standard InChI is InChI=1S/C13H16N4O3S/c1-14-9-10-4-5-12(11(8-10)20-2)21(18,19)17-13-15-6-3-7-16-13/h3-8,14H,9H2,1-2H3,(H,15,16,17). The third-order valence-corrected chi connectivity index (χ3v) is 4.06. The van der Waals surface area contributed by atoms with Gasteiger partial charge in [0.05, 0.1) is 7.11 Å². The first-order chi connectivity index (χ1) is 10.1. The van der Waals surface area contributed by atoms with E-state index in [2.05, 4.69) is 20.0 Å². The zero-order valence-corrected chi connectivity index (χ0v) is 12.5. The topological polar surface area (TPSA) is 93.2 Å². The van der Waals surface area contributed by atoms with Crippen LogP contribution in [0, 0.1) is 0 Å². The highest BCUT2D eigenvalue weighted by Crippen LogP contribution is 2.26. The van der Waals surface area contributed by atoms with Gasteiger partial charge in [0.15, 0.2) is 0 Å². The van der Waals surface area contributed by atoms with Crippen molar-refractivity contribution in [3.8, 4) is 5.75 Å². The molecule has 2 N–H and O–H groups in total. The molecule has 2 aromatic rings. The van der Waals surface area contributed by atoms with Gasteiger partial charge in [-0.25, -0.2) is 23.1 Å². The van der Waals surface area contributed by atoms with E-state index in [0.717, 1.165) is 5.56 Å². The minimum atomic E-state index is -3.81. The molecule has 0 atom stereocenters. The Morgan fingerprint density at radius 3 is 2.57 bits per heavy atom. The second-order valence-electron chi connectivity index (χ2n) is 4.19. The van der Waals surface area contributed by atoms with Crippen LogP contribution >= 0.6 is 0 Å². The first-order valence-corrected chi connectivity index (χ1v) is 7.66. The third kappa shape index (κ3) is 3.67. The molecule has 0 fully saturated rings. The largest absolute Gasteiger partial charge is 0.495 e. The predicted molar refractivity (Wildman–Crippen MR) is 78.6 cm³/mol. The summed E-state index contributed by atoms with van der Waals surface area (Å²) in [5.74, 6) is 0.282. The van der Waals surface area contributed by atoms with E-state index >= 15 is 0 Å². The maximum Gasteiger partial charge on any atom is 0.267 e. The van der Waals surface area contributed by atoms with E-state index in [9.17, 15) is 8.42 Å². The Hall–Kier alpha value is -2.19. The Kier molecular flexibility index (Phi) is 4.71. The van der Waals surface area contributed by atoms with Crippen molar-refractivity contribution in [2.75, 3.05) is 18.9 Å². The summed E-state index contributed by atoms with van der Waals surface area (Å²) < 4.78 is 32.2. The molecule has 1 aromatic carbocycles. The molecule has 0 radical (unpaired) electrons. The monoisotopic (exact) mass is 308 g/mol. The smallest absolute Gasteiger partial charge is 0.267 e. The van der Waals surface area contributed by atoms with Crippen LogP contribution in [0.5, 0.6) is 5.75 Å². The van der Waals surface area contributed by atoms with Crippen molar-refractivity contribution in [3.63, 3.8) is 0 Å². The minimum absolute atomic E-state index is 0.0128. The van der Waals surface area contributed by atoms with Crippen molar-refractivity contribution in [3.05, 3.63) is 42.2 Å². The van der Waals surface area contributed by atoms with E-state index in [1.807, 2.05) is 7.05 Å². The minimum Gasteiger partial charge on any atom is -0.495 e. The number of hydrogen-bond donors (Lipinski definition) is 2. The summed E-state index contributed by atoms with van der Waals surface area (Å²) in [6, 6.07) is 6.50. The van der Waals surface area contributed by atoms with Gasteiger partial charge in [-0.05, 0) is 30.8 Å². The highest BCUT2D eigenvalue weighted by atomic mass is 32.2. The SMILES string of the molecule is CNCc1ccc(S(=O)(=O)Nc2ncccn2)c(OC)c1. The molecule has 0 spiro atoms. The summed E-state index contributed by atoms with van der Waals surface area (Å²) in [5.41, 5.74) is 0.921. The molecule has 0 aliphatic carbocycles. The van der Waals surface area contributed by atoms with Gasteiger partial charge in [-0.1, -0.05) is 6.07 Å². The number of rotatable bonds is 6. The fourth-order valence-corrected chi connectivity index (χ4v) is 2.89. The van der Waals surface area contributed by atoms with Crippen molar-refractivity contribution in [1.29, 1.82) is 0 Å². The lowest BCUT2D eigenvalue weighted by Crippen LogP contribution is -2.16. The lowest BCUT2D eigenvalue weighted by molar-refractivity contribution is 0.402. The average molecular weight is 308 g/mol. The number of benzene rings is 1. The molecule has 0 aliphatic rings. The molecule has 1 aromatic heterocycles. The van der Waals surface area contributed by atoms with Crippen LogP contribution in [0.25, 0.3) is 0 Å². The van der Waals surface area contributed by atoms with Crippen LogP contribution in [0.2, 0.25) is 0 Å². The van der Waals surface area contributed by atoms with E-state index in [-0.39, 0.29) is 16.6 Å². The summed E-state index contributed by atoms with van der Waals surface area (Å²) in [4.78, 5) is 7.72. The molecule has 2 rings (SSSR count). The highest BCUT2D eigenvalue weighted by Gasteiger charge is 2.20. The number of ether oxygens (including phenoxy) is 1. The van der Waals surface area contributed by atoms with Crippen LogP contribution in [0.15, 0.2) is 41.6 Å². The van der Waals surface area contributed by atoms with Gasteiger partial charge in [0.25, 0.3) is 10.0 Å². The van der Waals surface area contributed by atoms with Gasteiger partial charge in [0, 0.05) is 18.9 Å². The predicted octanol–water partition coefficient (Wildman–Crippen LogP) is 1.01. The summed E-state index contributed by atoms with van der Waals surface area (Å²) >= 11 is 0. The highest BCUT2D eigenvalue weighted by molar-refractivity contribution is 7.92. The van der Waals surface area contributed by atoms with Crippen LogP contribution in [-0.4, -0.2) is 32.5 Å². The summed E-state index contributed by atoms with van der Waals surface area (Å²) in [6.45, 7) is 0.617. The molecule has 1 heterocycles. The number of nitrogens with zero attached hydrogens (tertiary/aromatic N) is 2. The van der Waals surface area contributed by atoms with E-state index in [4.69, 9.17) is 4.74 Å². The molecule has 8 heteroatoms. The Balaban J connectivity index is 2.35. The molecule has 112 valence electrons. The van der Waals surface area contributed by atoms with Gasteiger partial charge in [0.1, 0.15) is 10.6 Å². The number of methoxy groups -OCH3 is 1. The normalized spacial score (nSPS) is 11.1. The number of nitrogens with one attached hydrogen (secondary N) is 2. The van der Waals surface area contributed by atoms with Gasteiger partial charge in [-0.2, -0.15) is 0 Å². The molecule has 0 saturated heterocycles. The summed E-state index contributed by atoms with van der Waals surface area (Å²) in [5, 5.41) is 2.99. The van der Waals surface area contributed by atoms with Crippen molar-refractivity contribution in [2.24, 2.45) is 0 Å². The van der Waals surface area contributed by atoms with Crippen LogP contribution in [0.3, 0.4) is 0 Å². The first-order valence-electron chi connectivity index (χ1n) is 6.18. The fraction of sp³-hybridized carbons (Fsp3) is 0.231. The van der Waals surface area contributed by atoms with Crippen LogP contribution in [-0.2, 0) is 16.6 Å². The molecular formula is C13H16N4O3S. The molecule has 0 saturated carbocycles. The zero-order chi connectivity index (χ0) is 15.3. The van der Waals surface area contributed by atoms with Gasteiger partial charge in [0.2, 0.25) is 5.95 Å². The van der Waals surface area contributed by atoms with Gasteiger partial charge in [-0.3, -0.25) is 0 Å². The Bertz CT molecular complexity index is 705. The quantitative estimate of drug-likeness (QED) is 0.827. The lowest BCUT2D eigenvalue weighted by atomic mass is 10.2. The summed E-state index contributed by atoms with van der Waals surface area (Å²) in [7, 11) is -0.570. The van der Waals surface area contributed by atoms with Crippen LogP contribution in [0.4, 0.5) is 5.95 Å². The number of aromatic nitrogens is 2. The summed E-state index contributed by atoms with van der Waals surface area (Å²) in [6.07, 6.45) is 2.91. The zero-order valence-electron chi connectivity index (χ0n) is 11.7. The van der Waals surface area contributed by atoms with Gasteiger partial charge >= 0.3 is 0 Å². The lowest BCUT2D eigenvalue weighted by Gasteiger charge is -2.12. The van der Waals surface area contributed by atoms with E-state index in [0.29, 0.717) is 6.54 Å². The van der Waals surface area contributed by atoms with Crippen molar-refractivity contribution >= 4 is 16.0 Å². The molecular weight excluding hydrogens is 292 g/mol. The maximum atomic E-state index is 12.4. The molecule has 21 heavy (non-hydrogen) atoms. The Labute approximate surface area is 123 Å². The Morgan fingerprint density at radius 2 is 1.95 bits per heavy atom. The van der Waals surface area contributed by atoms with Crippen LogP contribution in [0.1, 0.15) is 5.56 Å². The van der Waals surface area contributed by atoms with Crippen LogP contribution < -0.4 is 14.8 Å². The fourth-order valence-electron chi connectivity index (χ4n) is 1.78. The van der Waals surface area contributed by atoms with Crippen molar-refractivity contribution < 1.29 is 13.2 Å². The molecule has 0 unspecified atom stereocenters. The molecule has 0 bridgehead atoms. The Morgan fingerprint density at radius 1 is 1.24 bits per heavy atom. The second kappa shape index (κ2) is 6.51. The first kappa shape index (κ1) is 15.2. The number of hydrogen-bond acceptors (Lipinski definition) is 6. The second-order valence-corrected chi connectivity index (χ2v) is 5.84. The molecule has 0 amide bonds. The maximum absolute atomic E-state index is 12.4. The van der Waals surface area contributed by atoms with E-state index < -0.39 is 10.0 Å². The molecule has 7 nitrogen and oxygen atoms in total. The van der Waals surface area contributed by atoms with Gasteiger partial charge < -0.3 is 10.1 Å². The molecule has 0 aliphatic heterocycles. The third-order valence-electron chi connectivity index (χ3n) is 2.69. The van der Waals surface area contributed by atoms with E-state index in [1.165, 1.54) is 25.6 Å².